The van der Waals surface area contributed by atoms with Crippen molar-refractivity contribution in [1.82, 2.24) is 0 Å². The zero-order valence-corrected chi connectivity index (χ0v) is 10.1. The van der Waals surface area contributed by atoms with Gasteiger partial charge in [0.05, 0.1) is 11.4 Å². The lowest BCUT2D eigenvalue weighted by molar-refractivity contribution is 0.542. The van der Waals surface area contributed by atoms with E-state index in [2.05, 4.69) is 58.6 Å². The van der Waals surface area contributed by atoms with Crippen molar-refractivity contribution in [3.05, 3.63) is 22.7 Å². The van der Waals surface area contributed by atoms with Gasteiger partial charge in [-0.3, -0.25) is 0 Å². The second-order valence-corrected chi connectivity index (χ2v) is 4.90. The first-order chi connectivity index (χ1) is 6.66. The van der Waals surface area contributed by atoms with Crippen molar-refractivity contribution in [2.45, 2.75) is 19.9 Å². The van der Waals surface area contributed by atoms with Crippen LogP contribution in [0.5, 0.6) is 0 Å². The summed E-state index contributed by atoms with van der Waals surface area (Å²) in [7, 11) is 0. The van der Waals surface area contributed by atoms with Crippen molar-refractivity contribution in [1.29, 1.82) is 0 Å². The minimum atomic E-state index is 0.518. The molecule has 1 aromatic carbocycles. The predicted molar refractivity (Wildman–Crippen MR) is 64.9 cm³/mol. The van der Waals surface area contributed by atoms with Crippen LogP contribution in [0, 0.1) is 5.92 Å². The van der Waals surface area contributed by atoms with Gasteiger partial charge in [0.2, 0.25) is 0 Å². The molecule has 2 rings (SSSR count). The van der Waals surface area contributed by atoms with E-state index in [0.29, 0.717) is 12.0 Å². The van der Waals surface area contributed by atoms with Gasteiger partial charge < -0.3 is 10.6 Å². The maximum atomic E-state index is 3.52. The highest BCUT2D eigenvalue weighted by Crippen LogP contribution is 2.29. The molecule has 0 spiro atoms. The first-order valence-electron chi connectivity index (χ1n) is 4.97. The molecule has 1 aromatic rings. The number of nitrogens with one attached hydrogen (secondary N) is 2. The third-order valence-corrected chi connectivity index (χ3v) is 3.33. The Morgan fingerprint density at radius 2 is 2.07 bits per heavy atom. The van der Waals surface area contributed by atoms with Crippen LogP contribution in [0.1, 0.15) is 13.8 Å². The summed E-state index contributed by atoms with van der Waals surface area (Å²) in [6.45, 7) is 5.51. The average molecular weight is 255 g/mol. The van der Waals surface area contributed by atoms with Crippen LogP contribution in [0.3, 0.4) is 0 Å². The molecule has 76 valence electrons. The van der Waals surface area contributed by atoms with Crippen molar-refractivity contribution < 1.29 is 0 Å². The Morgan fingerprint density at radius 1 is 1.29 bits per heavy atom. The number of rotatable bonds is 0. The maximum Gasteiger partial charge on any atom is 0.0587 e. The first-order valence-corrected chi connectivity index (χ1v) is 5.76. The fourth-order valence-corrected chi connectivity index (χ4v) is 1.98. The molecule has 0 bridgehead atoms. The van der Waals surface area contributed by atoms with E-state index in [1.807, 2.05) is 0 Å². The van der Waals surface area contributed by atoms with Crippen LogP contribution in [0.25, 0.3) is 0 Å². The lowest BCUT2D eigenvalue weighted by atomic mass is 10.0. The molecule has 2 atom stereocenters. The quantitative estimate of drug-likeness (QED) is 0.743. The molecule has 1 heterocycles. The van der Waals surface area contributed by atoms with Gasteiger partial charge >= 0.3 is 0 Å². The molecule has 0 amide bonds. The van der Waals surface area contributed by atoms with Gasteiger partial charge in [-0.2, -0.15) is 0 Å². The largest absolute Gasteiger partial charge is 0.383 e. The van der Waals surface area contributed by atoms with Gasteiger partial charge in [0.1, 0.15) is 0 Å². The monoisotopic (exact) mass is 254 g/mol. The Kier molecular flexibility index (Phi) is 2.68. The van der Waals surface area contributed by atoms with Crippen molar-refractivity contribution in [3.8, 4) is 0 Å². The van der Waals surface area contributed by atoms with Gasteiger partial charge in [0, 0.05) is 17.1 Å². The van der Waals surface area contributed by atoms with Crippen LogP contribution in [0.15, 0.2) is 22.7 Å². The third kappa shape index (κ3) is 1.87. The number of anilines is 2. The molecule has 0 radical (unpaired) electrons. The van der Waals surface area contributed by atoms with Crippen LogP contribution in [-0.2, 0) is 0 Å². The highest BCUT2D eigenvalue weighted by atomic mass is 79.9. The van der Waals surface area contributed by atoms with E-state index < -0.39 is 0 Å². The van der Waals surface area contributed by atoms with Gasteiger partial charge in [0.15, 0.2) is 0 Å². The maximum absolute atomic E-state index is 3.52. The topological polar surface area (TPSA) is 24.1 Å². The van der Waals surface area contributed by atoms with Gasteiger partial charge in [-0.05, 0) is 31.0 Å². The molecule has 1 aliphatic heterocycles. The smallest absolute Gasteiger partial charge is 0.0587 e. The van der Waals surface area contributed by atoms with Crippen LogP contribution in [0.4, 0.5) is 11.4 Å². The minimum Gasteiger partial charge on any atom is -0.383 e. The Labute approximate surface area is 93.2 Å². The molecule has 2 unspecified atom stereocenters. The van der Waals surface area contributed by atoms with Crippen molar-refractivity contribution in [3.63, 3.8) is 0 Å². The molecule has 0 aromatic heterocycles. The van der Waals surface area contributed by atoms with Gasteiger partial charge in [-0.25, -0.2) is 0 Å². The number of halogens is 1. The SMILES string of the molecule is CC1CNc2cc(Br)ccc2NC1C. The summed E-state index contributed by atoms with van der Waals surface area (Å²) in [5.41, 5.74) is 2.39. The number of fused-ring (bicyclic) bond motifs is 1. The van der Waals surface area contributed by atoms with Crippen molar-refractivity contribution >= 4 is 27.3 Å². The molecule has 0 aliphatic carbocycles. The van der Waals surface area contributed by atoms with E-state index in [1.165, 1.54) is 11.4 Å². The number of hydrogen-bond donors (Lipinski definition) is 2. The summed E-state index contributed by atoms with van der Waals surface area (Å²) in [6, 6.07) is 6.81. The fourth-order valence-electron chi connectivity index (χ4n) is 1.62. The van der Waals surface area contributed by atoms with Crippen molar-refractivity contribution in [2.75, 3.05) is 17.2 Å². The van der Waals surface area contributed by atoms with E-state index >= 15 is 0 Å². The average Bonchev–Trinajstić information content (AvgIpc) is 2.29. The Hall–Kier alpha value is -0.700. The van der Waals surface area contributed by atoms with E-state index in [4.69, 9.17) is 0 Å². The Balaban J connectivity index is 2.33. The Morgan fingerprint density at radius 3 is 2.86 bits per heavy atom. The number of benzene rings is 1. The zero-order chi connectivity index (χ0) is 10.1. The Bertz CT molecular complexity index is 338. The van der Waals surface area contributed by atoms with Gasteiger partial charge in [0.25, 0.3) is 0 Å². The molecule has 0 fully saturated rings. The highest BCUT2D eigenvalue weighted by molar-refractivity contribution is 9.10. The number of hydrogen-bond acceptors (Lipinski definition) is 2. The fraction of sp³-hybridized carbons (Fsp3) is 0.455. The summed E-state index contributed by atoms with van der Waals surface area (Å²) >= 11 is 3.48. The lowest BCUT2D eigenvalue weighted by Gasteiger charge is -2.17. The molecule has 1 aliphatic rings. The molecular weight excluding hydrogens is 240 g/mol. The minimum absolute atomic E-state index is 0.518. The van der Waals surface area contributed by atoms with Gasteiger partial charge in [-0.1, -0.05) is 22.9 Å². The van der Waals surface area contributed by atoms with Crippen LogP contribution < -0.4 is 10.6 Å². The van der Waals surface area contributed by atoms with Gasteiger partial charge in [-0.15, -0.1) is 0 Å². The van der Waals surface area contributed by atoms with Crippen LogP contribution in [-0.4, -0.2) is 12.6 Å². The third-order valence-electron chi connectivity index (χ3n) is 2.83. The standard InChI is InChI=1S/C11H15BrN2/c1-7-6-13-11-5-9(12)3-4-10(11)14-8(7)2/h3-5,7-8,13-14H,6H2,1-2H3. The summed E-state index contributed by atoms with van der Waals surface area (Å²) in [4.78, 5) is 0. The molecule has 2 N–H and O–H groups in total. The van der Waals surface area contributed by atoms with E-state index in [9.17, 15) is 0 Å². The summed E-state index contributed by atoms with van der Waals surface area (Å²) in [5.74, 6) is 0.640. The van der Waals surface area contributed by atoms with E-state index in [1.54, 1.807) is 0 Å². The molecule has 0 saturated carbocycles. The zero-order valence-electron chi connectivity index (χ0n) is 8.47. The lowest BCUT2D eigenvalue weighted by Crippen LogP contribution is -2.25. The summed E-state index contributed by atoms with van der Waals surface area (Å²) in [5, 5.41) is 6.97. The van der Waals surface area contributed by atoms with E-state index in [0.717, 1.165) is 11.0 Å². The van der Waals surface area contributed by atoms with Crippen LogP contribution in [0.2, 0.25) is 0 Å². The summed E-state index contributed by atoms with van der Waals surface area (Å²) < 4.78 is 1.12. The molecular formula is C11H15BrN2. The predicted octanol–water partition coefficient (Wildman–Crippen LogP) is 3.31. The molecule has 3 heteroatoms. The molecule has 2 nitrogen and oxygen atoms in total. The first kappa shape index (κ1) is 9.84. The second-order valence-electron chi connectivity index (χ2n) is 3.98. The van der Waals surface area contributed by atoms with E-state index in [-0.39, 0.29) is 0 Å². The van der Waals surface area contributed by atoms with Crippen LogP contribution >= 0.6 is 15.9 Å². The second kappa shape index (κ2) is 3.81. The normalized spacial score (nSPS) is 25.6. The molecule has 0 saturated heterocycles. The summed E-state index contributed by atoms with van der Waals surface area (Å²) in [6.07, 6.45) is 0. The highest BCUT2D eigenvalue weighted by Gasteiger charge is 2.17. The molecule has 14 heavy (non-hydrogen) atoms. The van der Waals surface area contributed by atoms with Crippen molar-refractivity contribution in [2.24, 2.45) is 5.92 Å².